The molecule has 2 rings (SSSR count). The molecule has 0 amide bonds. The van der Waals surface area contributed by atoms with Gasteiger partial charge in [-0.3, -0.25) is 4.79 Å². The summed E-state index contributed by atoms with van der Waals surface area (Å²) in [5, 5.41) is 9.07. The minimum absolute atomic E-state index is 0.128. The van der Waals surface area contributed by atoms with E-state index in [0.717, 1.165) is 6.42 Å². The Morgan fingerprint density at radius 3 is 2.64 bits per heavy atom. The van der Waals surface area contributed by atoms with Crippen LogP contribution in [-0.2, 0) is 4.79 Å². The van der Waals surface area contributed by atoms with Crippen LogP contribution in [0.4, 0.5) is 0 Å². The fourth-order valence-electron chi connectivity index (χ4n) is 2.21. The van der Waals surface area contributed by atoms with Crippen molar-refractivity contribution in [1.82, 2.24) is 0 Å². The van der Waals surface area contributed by atoms with E-state index in [1.165, 1.54) is 0 Å². The second-order valence-electron chi connectivity index (χ2n) is 3.56. The van der Waals surface area contributed by atoms with Gasteiger partial charge in [0.15, 0.2) is 0 Å². The Kier molecular flexibility index (Phi) is 1.30. The fourth-order valence-corrected chi connectivity index (χ4v) is 2.94. The third kappa shape index (κ3) is 0.767. The summed E-state index contributed by atoms with van der Waals surface area (Å²) in [7, 11) is 0. The van der Waals surface area contributed by atoms with Gasteiger partial charge in [0.05, 0.1) is 0 Å². The standard InChI is InChI=1S/C7H11NO2S/c8-7(6(9)10)2-1-3-4(7)5(3)11/h3-5,11H,1-2,8H2,(H,9,10)/t3-,4+,5+,7+/m1/s1. The predicted octanol–water partition coefficient (Wildman–Crippen LogP) is 0.107. The molecule has 62 valence electrons. The first-order valence-electron chi connectivity index (χ1n) is 3.78. The van der Waals surface area contributed by atoms with Crippen molar-refractivity contribution in [3.05, 3.63) is 0 Å². The molecule has 4 atom stereocenters. The summed E-state index contributed by atoms with van der Waals surface area (Å²) in [6.07, 6.45) is 1.55. The van der Waals surface area contributed by atoms with Gasteiger partial charge in [-0.15, -0.1) is 0 Å². The molecule has 0 heterocycles. The molecule has 0 unspecified atom stereocenters. The van der Waals surface area contributed by atoms with E-state index in [-0.39, 0.29) is 11.2 Å². The van der Waals surface area contributed by atoms with Crippen LogP contribution in [0.5, 0.6) is 0 Å². The zero-order valence-electron chi connectivity index (χ0n) is 6.03. The minimum Gasteiger partial charge on any atom is -0.480 e. The number of carbonyl (C=O) groups is 1. The number of rotatable bonds is 1. The monoisotopic (exact) mass is 173 g/mol. The highest BCUT2D eigenvalue weighted by molar-refractivity contribution is 7.81. The van der Waals surface area contributed by atoms with E-state index in [1.807, 2.05) is 0 Å². The lowest BCUT2D eigenvalue weighted by molar-refractivity contribution is -0.143. The van der Waals surface area contributed by atoms with Crippen molar-refractivity contribution < 1.29 is 9.90 Å². The van der Waals surface area contributed by atoms with Gasteiger partial charge in [0, 0.05) is 11.2 Å². The Morgan fingerprint density at radius 1 is 1.73 bits per heavy atom. The average molecular weight is 173 g/mol. The SMILES string of the molecule is N[C@@]1(C(=O)O)CC[C@H]2[C@H](S)[C@H]21. The molecular formula is C7H11NO2S. The Morgan fingerprint density at radius 2 is 2.36 bits per heavy atom. The van der Waals surface area contributed by atoms with Crippen molar-refractivity contribution in [1.29, 1.82) is 0 Å². The van der Waals surface area contributed by atoms with Crippen LogP contribution in [0, 0.1) is 11.8 Å². The Balaban J connectivity index is 2.22. The quantitative estimate of drug-likeness (QED) is 0.493. The van der Waals surface area contributed by atoms with E-state index in [0.29, 0.717) is 12.3 Å². The van der Waals surface area contributed by atoms with Crippen LogP contribution < -0.4 is 5.73 Å². The smallest absolute Gasteiger partial charge is 0.324 e. The molecule has 0 radical (unpaired) electrons. The molecule has 3 N–H and O–H groups in total. The highest BCUT2D eigenvalue weighted by atomic mass is 32.1. The van der Waals surface area contributed by atoms with Crippen molar-refractivity contribution in [2.45, 2.75) is 23.6 Å². The van der Waals surface area contributed by atoms with E-state index in [9.17, 15) is 4.79 Å². The molecule has 0 spiro atoms. The van der Waals surface area contributed by atoms with E-state index in [4.69, 9.17) is 10.8 Å². The molecule has 2 aliphatic carbocycles. The van der Waals surface area contributed by atoms with Crippen LogP contribution in [0.2, 0.25) is 0 Å². The maximum atomic E-state index is 10.7. The summed E-state index contributed by atoms with van der Waals surface area (Å²) < 4.78 is 0. The lowest BCUT2D eigenvalue weighted by Crippen LogP contribution is -2.49. The number of aliphatic carboxylic acids is 1. The van der Waals surface area contributed by atoms with E-state index >= 15 is 0 Å². The van der Waals surface area contributed by atoms with Gasteiger partial charge < -0.3 is 10.8 Å². The molecular weight excluding hydrogens is 162 g/mol. The molecule has 0 aromatic heterocycles. The fraction of sp³-hybridized carbons (Fsp3) is 0.857. The number of hydrogen-bond donors (Lipinski definition) is 3. The molecule has 4 heteroatoms. The maximum absolute atomic E-state index is 10.7. The van der Waals surface area contributed by atoms with Crippen LogP contribution in [0.1, 0.15) is 12.8 Å². The second kappa shape index (κ2) is 1.93. The topological polar surface area (TPSA) is 63.3 Å². The third-order valence-electron chi connectivity index (χ3n) is 3.01. The van der Waals surface area contributed by atoms with Crippen molar-refractivity contribution >= 4 is 18.6 Å². The first kappa shape index (κ1) is 7.43. The molecule has 11 heavy (non-hydrogen) atoms. The maximum Gasteiger partial charge on any atom is 0.324 e. The van der Waals surface area contributed by atoms with E-state index < -0.39 is 11.5 Å². The van der Waals surface area contributed by atoms with Crippen molar-refractivity contribution in [3.8, 4) is 0 Å². The van der Waals surface area contributed by atoms with Crippen LogP contribution in [-0.4, -0.2) is 21.9 Å². The Labute approximate surface area is 70.4 Å². The molecule has 0 aromatic rings. The summed E-state index contributed by atoms with van der Waals surface area (Å²) >= 11 is 4.26. The Bertz CT molecular complexity index is 220. The number of fused-ring (bicyclic) bond motifs is 1. The van der Waals surface area contributed by atoms with E-state index in [1.54, 1.807) is 0 Å². The number of nitrogens with two attached hydrogens (primary N) is 1. The largest absolute Gasteiger partial charge is 0.480 e. The van der Waals surface area contributed by atoms with Gasteiger partial charge in [0.2, 0.25) is 0 Å². The average Bonchev–Trinajstić information content (AvgIpc) is 2.38. The van der Waals surface area contributed by atoms with Crippen LogP contribution >= 0.6 is 12.6 Å². The second-order valence-corrected chi connectivity index (χ2v) is 4.16. The lowest BCUT2D eigenvalue weighted by atomic mass is 9.95. The summed E-state index contributed by atoms with van der Waals surface area (Å²) in [6.45, 7) is 0. The van der Waals surface area contributed by atoms with Gasteiger partial charge >= 0.3 is 5.97 Å². The van der Waals surface area contributed by atoms with Gasteiger partial charge in [-0.05, 0) is 18.8 Å². The number of hydrogen-bond acceptors (Lipinski definition) is 3. The predicted molar refractivity (Wildman–Crippen MR) is 43.5 cm³/mol. The molecule has 2 fully saturated rings. The number of carboxylic acid groups (broad SMARTS) is 1. The Hall–Kier alpha value is -0.220. The lowest BCUT2D eigenvalue weighted by Gasteiger charge is -2.20. The van der Waals surface area contributed by atoms with Crippen molar-refractivity contribution in [2.24, 2.45) is 17.6 Å². The molecule has 2 saturated carbocycles. The van der Waals surface area contributed by atoms with Gasteiger partial charge in [-0.2, -0.15) is 12.6 Å². The number of carboxylic acids is 1. The third-order valence-corrected chi connectivity index (χ3v) is 3.72. The molecule has 0 bridgehead atoms. The molecule has 2 aliphatic rings. The minimum atomic E-state index is -0.961. The zero-order valence-corrected chi connectivity index (χ0v) is 6.92. The van der Waals surface area contributed by atoms with Crippen molar-refractivity contribution in [3.63, 3.8) is 0 Å². The molecule has 0 aliphatic heterocycles. The van der Waals surface area contributed by atoms with Crippen LogP contribution in [0.25, 0.3) is 0 Å². The first-order valence-corrected chi connectivity index (χ1v) is 4.29. The summed E-state index contributed by atoms with van der Waals surface area (Å²) in [4.78, 5) is 10.7. The molecule has 3 nitrogen and oxygen atoms in total. The summed E-state index contributed by atoms with van der Waals surface area (Å²) in [5.74, 6) is -0.260. The van der Waals surface area contributed by atoms with Gasteiger partial charge in [-0.25, -0.2) is 0 Å². The highest BCUT2D eigenvalue weighted by Crippen LogP contribution is 2.59. The number of thiol groups is 1. The summed E-state index contributed by atoms with van der Waals surface area (Å²) in [5.41, 5.74) is 4.77. The van der Waals surface area contributed by atoms with Gasteiger partial charge in [0.25, 0.3) is 0 Å². The molecule has 0 saturated heterocycles. The highest BCUT2D eigenvalue weighted by Gasteiger charge is 2.65. The van der Waals surface area contributed by atoms with Crippen molar-refractivity contribution in [2.75, 3.05) is 0 Å². The van der Waals surface area contributed by atoms with Crippen LogP contribution in [0.15, 0.2) is 0 Å². The normalized spacial score (nSPS) is 53.8. The van der Waals surface area contributed by atoms with E-state index in [2.05, 4.69) is 12.6 Å². The first-order chi connectivity index (χ1) is 5.07. The van der Waals surface area contributed by atoms with Gasteiger partial charge in [0.1, 0.15) is 5.54 Å². The van der Waals surface area contributed by atoms with Gasteiger partial charge in [-0.1, -0.05) is 0 Å². The zero-order chi connectivity index (χ0) is 8.22. The summed E-state index contributed by atoms with van der Waals surface area (Å²) in [6, 6.07) is 0. The van der Waals surface area contributed by atoms with Crippen LogP contribution in [0.3, 0.4) is 0 Å². The molecule has 0 aromatic carbocycles.